The Morgan fingerprint density at radius 1 is 1.50 bits per heavy atom. The highest BCUT2D eigenvalue weighted by atomic mass is 16.3. The molecule has 1 aliphatic heterocycles. The minimum absolute atomic E-state index is 0.0501. The fraction of sp³-hybridized carbons (Fsp3) is 0.571. The SMILES string of the molecule is CC(CO)NC(=O)NC1CCN(c2ccccn2)CC1. The van der Waals surface area contributed by atoms with Gasteiger partial charge in [-0.25, -0.2) is 9.78 Å². The summed E-state index contributed by atoms with van der Waals surface area (Å²) < 4.78 is 0. The van der Waals surface area contributed by atoms with E-state index in [4.69, 9.17) is 5.11 Å². The van der Waals surface area contributed by atoms with Gasteiger partial charge in [-0.1, -0.05) is 6.07 Å². The van der Waals surface area contributed by atoms with Crippen molar-refractivity contribution in [1.82, 2.24) is 15.6 Å². The molecule has 2 amide bonds. The second-order valence-corrected chi connectivity index (χ2v) is 5.15. The number of nitrogens with one attached hydrogen (secondary N) is 2. The summed E-state index contributed by atoms with van der Waals surface area (Å²) in [5, 5.41) is 14.5. The van der Waals surface area contributed by atoms with Crippen molar-refractivity contribution in [2.24, 2.45) is 0 Å². The van der Waals surface area contributed by atoms with Gasteiger partial charge < -0.3 is 20.6 Å². The monoisotopic (exact) mass is 278 g/mol. The average molecular weight is 278 g/mol. The first-order chi connectivity index (χ1) is 9.69. The maximum absolute atomic E-state index is 11.7. The number of carbonyl (C=O) groups is 1. The molecule has 1 aromatic heterocycles. The first-order valence-corrected chi connectivity index (χ1v) is 7.03. The Hall–Kier alpha value is -1.82. The topological polar surface area (TPSA) is 77.5 Å². The molecule has 1 aromatic rings. The minimum atomic E-state index is -0.219. The van der Waals surface area contributed by atoms with Gasteiger partial charge in [-0.2, -0.15) is 0 Å². The number of pyridine rings is 1. The van der Waals surface area contributed by atoms with Gasteiger partial charge in [0, 0.05) is 25.3 Å². The summed E-state index contributed by atoms with van der Waals surface area (Å²) in [4.78, 5) is 18.2. The molecule has 0 radical (unpaired) electrons. The first kappa shape index (κ1) is 14.6. The molecule has 2 rings (SSSR count). The molecule has 0 bridgehead atoms. The molecule has 0 saturated carbocycles. The lowest BCUT2D eigenvalue weighted by molar-refractivity contribution is 0.215. The van der Waals surface area contributed by atoms with E-state index < -0.39 is 0 Å². The molecule has 6 nitrogen and oxygen atoms in total. The summed E-state index contributed by atoms with van der Waals surface area (Å²) in [6, 6.07) is 5.65. The fourth-order valence-corrected chi connectivity index (χ4v) is 2.29. The molecule has 1 fully saturated rings. The number of hydrogen-bond donors (Lipinski definition) is 3. The van der Waals surface area contributed by atoms with Crippen LogP contribution in [0.15, 0.2) is 24.4 Å². The third-order valence-corrected chi connectivity index (χ3v) is 3.45. The van der Waals surface area contributed by atoms with Gasteiger partial charge in [0.2, 0.25) is 0 Å². The van der Waals surface area contributed by atoms with Crippen LogP contribution < -0.4 is 15.5 Å². The van der Waals surface area contributed by atoms with E-state index in [2.05, 4.69) is 20.5 Å². The molecule has 6 heteroatoms. The maximum Gasteiger partial charge on any atom is 0.315 e. The van der Waals surface area contributed by atoms with Gasteiger partial charge in [0.05, 0.1) is 12.6 Å². The molecule has 1 aliphatic rings. The first-order valence-electron chi connectivity index (χ1n) is 7.03. The van der Waals surface area contributed by atoms with Crippen LogP contribution >= 0.6 is 0 Å². The average Bonchev–Trinajstić information content (AvgIpc) is 2.48. The lowest BCUT2D eigenvalue weighted by Gasteiger charge is -2.33. The normalized spacial score (nSPS) is 17.6. The van der Waals surface area contributed by atoms with E-state index in [-0.39, 0.29) is 24.7 Å². The predicted molar refractivity (Wildman–Crippen MR) is 77.7 cm³/mol. The zero-order valence-corrected chi connectivity index (χ0v) is 11.7. The molecule has 1 atom stereocenters. The summed E-state index contributed by atoms with van der Waals surface area (Å²) in [7, 11) is 0. The van der Waals surface area contributed by atoms with Crippen LogP contribution in [0.5, 0.6) is 0 Å². The number of urea groups is 1. The van der Waals surface area contributed by atoms with Crippen LogP contribution in [0, 0.1) is 0 Å². The Morgan fingerprint density at radius 2 is 2.25 bits per heavy atom. The Labute approximate surface area is 119 Å². The minimum Gasteiger partial charge on any atom is -0.394 e. The van der Waals surface area contributed by atoms with Gasteiger partial charge >= 0.3 is 6.03 Å². The van der Waals surface area contributed by atoms with Crippen LogP contribution in [-0.2, 0) is 0 Å². The van der Waals surface area contributed by atoms with E-state index in [9.17, 15) is 4.79 Å². The van der Waals surface area contributed by atoms with E-state index in [0.717, 1.165) is 31.7 Å². The van der Waals surface area contributed by atoms with Crippen LogP contribution in [0.1, 0.15) is 19.8 Å². The predicted octanol–water partition coefficient (Wildman–Crippen LogP) is 0.730. The maximum atomic E-state index is 11.7. The number of carbonyl (C=O) groups excluding carboxylic acids is 1. The van der Waals surface area contributed by atoms with Gasteiger partial charge in [0.1, 0.15) is 5.82 Å². The molecule has 20 heavy (non-hydrogen) atoms. The molecular weight excluding hydrogens is 256 g/mol. The molecule has 1 unspecified atom stereocenters. The van der Waals surface area contributed by atoms with Crippen LogP contribution in [0.3, 0.4) is 0 Å². The van der Waals surface area contributed by atoms with Crippen molar-refractivity contribution in [2.45, 2.75) is 31.8 Å². The Balaban J connectivity index is 1.76. The highest BCUT2D eigenvalue weighted by molar-refractivity contribution is 5.74. The van der Waals surface area contributed by atoms with E-state index in [0.29, 0.717) is 0 Å². The largest absolute Gasteiger partial charge is 0.394 e. The Kier molecular flexibility index (Phi) is 5.17. The number of aliphatic hydroxyl groups excluding tert-OH is 1. The van der Waals surface area contributed by atoms with Crippen molar-refractivity contribution in [2.75, 3.05) is 24.6 Å². The molecular formula is C14H22N4O2. The van der Waals surface area contributed by atoms with Crippen molar-refractivity contribution < 1.29 is 9.90 Å². The lowest BCUT2D eigenvalue weighted by atomic mass is 10.1. The number of rotatable bonds is 4. The smallest absolute Gasteiger partial charge is 0.315 e. The molecule has 1 saturated heterocycles. The van der Waals surface area contributed by atoms with Gasteiger partial charge in [0.25, 0.3) is 0 Å². The highest BCUT2D eigenvalue weighted by Gasteiger charge is 2.21. The van der Waals surface area contributed by atoms with E-state index in [1.807, 2.05) is 18.2 Å². The number of hydrogen-bond acceptors (Lipinski definition) is 4. The van der Waals surface area contributed by atoms with Gasteiger partial charge in [-0.15, -0.1) is 0 Å². The fourth-order valence-electron chi connectivity index (χ4n) is 2.29. The molecule has 0 spiro atoms. The third kappa shape index (κ3) is 4.09. The number of aromatic nitrogens is 1. The molecule has 0 aromatic carbocycles. The van der Waals surface area contributed by atoms with Crippen molar-refractivity contribution in [3.05, 3.63) is 24.4 Å². The lowest BCUT2D eigenvalue weighted by Crippen LogP contribution is -2.50. The zero-order valence-electron chi connectivity index (χ0n) is 11.7. The summed E-state index contributed by atoms with van der Waals surface area (Å²) in [5.41, 5.74) is 0. The number of nitrogens with zero attached hydrogens (tertiary/aromatic N) is 2. The second kappa shape index (κ2) is 7.09. The number of amides is 2. The number of anilines is 1. The molecule has 2 heterocycles. The van der Waals surface area contributed by atoms with E-state index >= 15 is 0 Å². The Bertz CT molecular complexity index is 418. The van der Waals surface area contributed by atoms with Gasteiger partial charge in [-0.3, -0.25) is 0 Å². The van der Waals surface area contributed by atoms with Crippen molar-refractivity contribution in [3.63, 3.8) is 0 Å². The van der Waals surface area contributed by atoms with Crippen LogP contribution in [0.2, 0.25) is 0 Å². The van der Waals surface area contributed by atoms with Crippen molar-refractivity contribution >= 4 is 11.8 Å². The van der Waals surface area contributed by atoms with E-state index in [1.54, 1.807) is 13.1 Å². The standard InChI is InChI=1S/C14H22N4O2/c1-11(10-19)16-14(20)17-12-5-8-18(9-6-12)13-4-2-3-7-15-13/h2-4,7,11-12,19H,5-6,8-10H2,1H3,(H2,16,17,20). The second-order valence-electron chi connectivity index (χ2n) is 5.15. The molecule has 3 N–H and O–H groups in total. The van der Waals surface area contributed by atoms with Crippen LogP contribution in [0.4, 0.5) is 10.6 Å². The van der Waals surface area contributed by atoms with E-state index in [1.165, 1.54) is 0 Å². The molecule has 110 valence electrons. The van der Waals surface area contributed by atoms with Gasteiger partial charge in [-0.05, 0) is 31.9 Å². The van der Waals surface area contributed by atoms with Crippen molar-refractivity contribution in [3.8, 4) is 0 Å². The quantitative estimate of drug-likeness (QED) is 0.759. The van der Waals surface area contributed by atoms with Crippen LogP contribution in [0.25, 0.3) is 0 Å². The van der Waals surface area contributed by atoms with Crippen LogP contribution in [-0.4, -0.2) is 47.9 Å². The number of aliphatic hydroxyl groups is 1. The summed E-state index contributed by atoms with van der Waals surface area (Å²) in [6.07, 6.45) is 3.60. The summed E-state index contributed by atoms with van der Waals surface area (Å²) in [6.45, 7) is 3.49. The molecule has 0 aliphatic carbocycles. The summed E-state index contributed by atoms with van der Waals surface area (Å²) in [5.74, 6) is 0.990. The highest BCUT2D eigenvalue weighted by Crippen LogP contribution is 2.17. The van der Waals surface area contributed by atoms with Crippen molar-refractivity contribution in [1.29, 1.82) is 0 Å². The van der Waals surface area contributed by atoms with Gasteiger partial charge in [0.15, 0.2) is 0 Å². The Morgan fingerprint density at radius 3 is 2.85 bits per heavy atom. The number of piperidine rings is 1. The third-order valence-electron chi connectivity index (χ3n) is 3.45. The summed E-state index contributed by atoms with van der Waals surface area (Å²) >= 11 is 0. The zero-order chi connectivity index (χ0) is 14.4.